The second-order valence-corrected chi connectivity index (χ2v) is 11.7. The number of aromatic nitrogens is 3. The van der Waals surface area contributed by atoms with Crippen LogP contribution in [0.2, 0.25) is 0 Å². The third-order valence-corrected chi connectivity index (χ3v) is 8.91. The SMILES string of the molecule is C1=C(c2cc(-c3ccccc3)nc3c2ccc2c(-c4cc5ccccc5cn4)cc(-c4ccccc4)nc23)CNc2ccccc21. The fourth-order valence-electron chi connectivity index (χ4n) is 6.58. The molecule has 8 aromatic rings. The Labute approximate surface area is 266 Å². The van der Waals surface area contributed by atoms with E-state index in [-0.39, 0.29) is 0 Å². The van der Waals surface area contributed by atoms with Crippen molar-refractivity contribution in [1.29, 1.82) is 0 Å². The maximum atomic E-state index is 5.36. The third kappa shape index (κ3) is 4.51. The van der Waals surface area contributed by atoms with Crippen LogP contribution in [0.5, 0.6) is 0 Å². The lowest BCUT2D eigenvalue weighted by atomic mass is 9.92. The van der Waals surface area contributed by atoms with Crippen LogP contribution in [0.1, 0.15) is 11.1 Å². The van der Waals surface area contributed by atoms with E-state index in [0.29, 0.717) is 0 Å². The zero-order valence-electron chi connectivity index (χ0n) is 25.0. The van der Waals surface area contributed by atoms with Gasteiger partial charge in [-0.15, -0.1) is 0 Å². The van der Waals surface area contributed by atoms with Crippen molar-refractivity contribution in [3.8, 4) is 33.8 Å². The Bertz CT molecular complexity index is 2470. The Morgan fingerprint density at radius 2 is 1.09 bits per heavy atom. The van der Waals surface area contributed by atoms with E-state index in [1.165, 1.54) is 11.1 Å². The van der Waals surface area contributed by atoms with Gasteiger partial charge in [0.2, 0.25) is 0 Å². The fraction of sp³-hybridized carbons (Fsp3) is 0.0238. The second-order valence-electron chi connectivity index (χ2n) is 11.7. The molecule has 0 amide bonds. The quantitative estimate of drug-likeness (QED) is 0.208. The third-order valence-electron chi connectivity index (χ3n) is 8.91. The first-order valence-electron chi connectivity index (χ1n) is 15.6. The van der Waals surface area contributed by atoms with Gasteiger partial charge in [-0.1, -0.05) is 115 Å². The van der Waals surface area contributed by atoms with Gasteiger partial charge in [-0.05, 0) is 52.4 Å². The molecule has 0 saturated carbocycles. The van der Waals surface area contributed by atoms with Crippen molar-refractivity contribution >= 4 is 49.9 Å². The van der Waals surface area contributed by atoms with Crippen molar-refractivity contribution in [1.82, 2.24) is 15.0 Å². The van der Waals surface area contributed by atoms with Crippen LogP contribution in [0.25, 0.3) is 78.0 Å². The minimum absolute atomic E-state index is 0.728. The average molecular weight is 589 g/mol. The monoisotopic (exact) mass is 588 g/mol. The second kappa shape index (κ2) is 10.8. The maximum absolute atomic E-state index is 5.36. The van der Waals surface area contributed by atoms with E-state index in [1.54, 1.807) is 0 Å². The summed E-state index contributed by atoms with van der Waals surface area (Å²) in [6.07, 6.45) is 4.27. The van der Waals surface area contributed by atoms with Crippen LogP contribution in [0, 0.1) is 0 Å². The van der Waals surface area contributed by atoms with E-state index in [4.69, 9.17) is 15.0 Å². The summed E-state index contributed by atoms with van der Waals surface area (Å²) >= 11 is 0. The molecule has 1 N–H and O–H groups in total. The fourth-order valence-corrected chi connectivity index (χ4v) is 6.58. The zero-order valence-corrected chi connectivity index (χ0v) is 25.0. The van der Waals surface area contributed by atoms with E-state index in [1.807, 2.05) is 18.3 Å². The molecule has 4 nitrogen and oxygen atoms in total. The first-order valence-corrected chi connectivity index (χ1v) is 15.6. The van der Waals surface area contributed by atoms with E-state index in [0.717, 1.165) is 84.1 Å². The van der Waals surface area contributed by atoms with Crippen LogP contribution >= 0.6 is 0 Å². The van der Waals surface area contributed by atoms with Gasteiger partial charge < -0.3 is 5.32 Å². The highest BCUT2D eigenvalue weighted by Gasteiger charge is 2.20. The van der Waals surface area contributed by atoms with E-state index in [9.17, 15) is 0 Å². The van der Waals surface area contributed by atoms with Crippen molar-refractivity contribution in [2.24, 2.45) is 0 Å². The number of hydrogen-bond donors (Lipinski definition) is 1. The summed E-state index contributed by atoms with van der Waals surface area (Å²) in [6, 6.07) is 48.6. The number of para-hydroxylation sites is 1. The van der Waals surface area contributed by atoms with Gasteiger partial charge in [0.25, 0.3) is 0 Å². The van der Waals surface area contributed by atoms with E-state index >= 15 is 0 Å². The molecule has 0 aliphatic carbocycles. The predicted octanol–water partition coefficient (Wildman–Crippen LogP) is 10.3. The summed E-state index contributed by atoms with van der Waals surface area (Å²) in [4.78, 5) is 15.7. The molecule has 1 aliphatic heterocycles. The molecule has 9 rings (SSSR count). The molecule has 0 radical (unpaired) electrons. The predicted molar refractivity (Wildman–Crippen MR) is 191 cm³/mol. The minimum atomic E-state index is 0.728. The highest BCUT2D eigenvalue weighted by atomic mass is 14.9. The van der Waals surface area contributed by atoms with Crippen LogP contribution in [-0.2, 0) is 0 Å². The van der Waals surface area contributed by atoms with Crippen molar-refractivity contribution in [2.45, 2.75) is 0 Å². The van der Waals surface area contributed by atoms with E-state index < -0.39 is 0 Å². The first kappa shape index (κ1) is 26.3. The highest BCUT2D eigenvalue weighted by molar-refractivity contribution is 6.13. The molecule has 0 unspecified atom stereocenters. The first-order chi connectivity index (χ1) is 22.8. The van der Waals surface area contributed by atoms with Gasteiger partial charge in [0.05, 0.1) is 28.1 Å². The van der Waals surface area contributed by atoms with Crippen LogP contribution in [0.15, 0.2) is 146 Å². The van der Waals surface area contributed by atoms with Crippen LogP contribution in [0.3, 0.4) is 0 Å². The topological polar surface area (TPSA) is 50.7 Å². The number of benzene rings is 5. The van der Waals surface area contributed by atoms with Crippen LogP contribution < -0.4 is 5.32 Å². The molecule has 0 atom stereocenters. The Kier molecular flexibility index (Phi) is 6.17. The van der Waals surface area contributed by atoms with Crippen molar-refractivity contribution in [2.75, 3.05) is 11.9 Å². The summed E-state index contributed by atoms with van der Waals surface area (Å²) in [5.74, 6) is 0. The smallest absolute Gasteiger partial charge is 0.0979 e. The lowest BCUT2D eigenvalue weighted by Gasteiger charge is -2.21. The molecule has 4 heterocycles. The summed E-state index contributed by atoms with van der Waals surface area (Å²) in [6.45, 7) is 0.728. The zero-order chi connectivity index (χ0) is 30.5. The Hall–Kier alpha value is -6.13. The van der Waals surface area contributed by atoms with Gasteiger partial charge in [0.15, 0.2) is 0 Å². The number of nitrogens with one attached hydrogen (secondary N) is 1. The van der Waals surface area contributed by atoms with Crippen molar-refractivity contribution < 1.29 is 0 Å². The van der Waals surface area contributed by atoms with Crippen molar-refractivity contribution in [3.63, 3.8) is 0 Å². The standard InChI is InChI=1S/C42H28N4/c1-3-11-27(12-4-1)38-23-35(32-21-30-16-9-10-18-37(30)43-26-32)33-19-20-34-36(40-22-29-15-7-8-17-31(29)25-44-40)24-39(28-13-5-2-6-14-28)46-42(34)41(33)45-38/h1-25,43H,26H2. The molecule has 0 spiro atoms. The molecule has 216 valence electrons. The van der Waals surface area contributed by atoms with Gasteiger partial charge in [-0.2, -0.15) is 0 Å². The van der Waals surface area contributed by atoms with Gasteiger partial charge in [0, 0.05) is 51.3 Å². The Balaban J connectivity index is 1.37. The molecule has 0 bridgehead atoms. The number of nitrogens with zero attached hydrogens (tertiary/aromatic N) is 3. The number of anilines is 1. The molecule has 3 aromatic heterocycles. The lowest BCUT2D eigenvalue weighted by Crippen LogP contribution is -2.10. The number of pyridine rings is 3. The molecule has 0 fully saturated rings. The average Bonchev–Trinajstić information content (AvgIpc) is 3.14. The minimum Gasteiger partial charge on any atom is -0.380 e. The Morgan fingerprint density at radius 1 is 0.500 bits per heavy atom. The van der Waals surface area contributed by atoms with Gasteiger partial charge in [-0.25, -0.2) is 9.97 Å². The summed E-state index contributed by atoms with van der Waals surface area (Å²) in [7, 11) is 0. The summed E-state index contributed by atoms with van der Waals surface area (Å²) in [5, 5.41) is 8.02. The highest BCUT2D eigenvalue weighted by Crippen LogP contribution is 2.39. The summed E-state index contributed by atoms with van der Waals surface area (Å²) < 4.78 is 0. The molecule has 46 heavy (non-hydrogen) atoms. The van der Waals surface area contributed by atoms with Gasteiger partial charge >= 0.3 is 0 Å². The number of hydrogen-bond acceptors (Lipinski definition) is 4. The summed E-state index contributed by atoms with van der Waals surface area (Å²) in [5.41, 5.74) is 12.4. The van der Waals surface area contributed by atoms with Gasteiger partial charge in [0.1, 0.15) is 0 Å². The molecular formula is C42H28N4. The van der Waals surface area contributed by atoms with Crippen molar-refractivity contribution in [3.05, 3.63) is 157 Å². The lowest BCUT2D eigenvalue weighted by molar-refractivity contribution is 1.31. The molecule has 1 aliphatic rings. The van der Waals surface area contributed by atoms with Gasteiger partial charge in [-0.3, -0.25) is 4.98 Å². The van der Waals surface area contributed by atoms with Crippen LogP contribution in [0.4, 0.5) is 5.69 Å². The molecule has 4 heteroatoms. The number of rotatable bonds is 4. The van der Waals surface area contributed by atoms with E-state index in [2.05, 4.69) is 139 Å². The van der Waals surface area contributed by atoms with Crippen LogP contribution in [-0.4, -0.2) is 21.5 Å². The molecule has 5 aromatic carbocycles. The normalized spacial score (nSPS) is 12.6. The molecule has 0 saturated heterocycles. The largest absolute Gasteiger partial charge is 0.380 e. The maximum Gasteiger partial charge on any atom is 0.0979 e. The number of fused-ring (bicyclic) bond motifs is 5. The Morgan fingerprint density at radius 3 is 1.80 bits per heavy atom. The molecular weight excluding hydrogens is 560 g/mol.